The Labute approximate surface area is 313 Å². The predicted octanol–water partition coefficient (Wildman–Crippen LogP) is 6.08. The highest BCUT2D eigenvalue weighted by atomic mass is 32.1. The van der Waals surface area contributed by atoms with Crippen molar-refractivity contribution in [2.75, 3.05) is 84.9 Å². The van der Waals surface area contributed by atoms with E-state index in [0.717, 1.165) is 79.3 Å². The van der Waals surface area contributed by atoms with E-state index in [4.69, 9.17) is 14.6 Å². The van der Waals surface area contributed by atoms with Crippen molar-refractivity contribution in [3.8, 4) is 5.06 Å². The summed E-state index contributed by atoms with van der Waals surface area (Å²) in [5.74, 6) is 0.205. The molecule has 1 saturated heterocycles. The molecule has 2 aliphatic rings. The number of ether oxygens (including phenoxy) is 1. The van der Waals surface area contributed by atoms with Crippen molar-refractivity contribution >= 4 is 46.4 Å². The van der Waals surface area contributed by atoms with Gasteiger partial charge in [0.1, 0.15) is 6.04 Å². The Hall–Kier alpha value is -4.23. The van der Waals surface area contributed by atoms with E-state index in [1.165, 1.54) is 29.7 Å². The molecule has 0 bridgehead atoms. The zero-order chi connectivity index (χ0) is 37.0. The molecule has 1 atom stereocenters. The first kappa shape index (κ1) is 39.0. The lowest BCUT2D eigenvalue weighted by molar-refractivity contribution is -0.137. The molecular formula is C40H55N7O4S. The molecule has 0 radical (unpaired) electrons. The van der Waals surface area contributed by atoms with Crippen LogP contribution in [0.3, 0.4) is 0 Å². The zero-order valence-electron chi connectivity index (χ0n) is 31.6. The van der Waals surface area contributed by atoms with E-state index >= 15 is 0 Å². The molecule has 1 aromatic heterocycles. The molecule has 12 heteroatoms. The van der Waals surface area contributed by atoms with Crippen LogP contribution in [-0.2, 0) is 27.2 Å². The van der Waals surface area contributed by atoms with Gasteiger partial charge in [0.2, 0.25) is 11.0 Å². The van der Waals surface area contributed by atoms with Crippen LogP contribution >= 0.6 is 11.3 Å². The molecule has 1 fully saturated rings. The van der Waals surface area contributed by atoms with Crippen LogP contribution in [0.1, 0.15) is 59.4 Å². The van der Waals surface area contributed by atoms with E-state index in [-0.39, 0.29) is 11.7 Å². The van der Waals surface area contributed by atoms with Crippen LogP contribution in [-0.4, -0.2) is 112 Å². The Morgan fingerprint density at radius 2 is 1.79 bits per heavy atom. The maximum absolute atomic E-state index is 13.8. The van der Waals surface area contributed by atoms with Gasteiger partial charge in [0.05, 0.1) is 18.0 Å². The third-order valence-corrected chi connectivity index (χ3v) is 10.9. The zero-order valence-corrected chi connectivity index (χ0v) is 32.4. The number of benzene rings is 2. The van der Waals surface area contributed by atoms with Crippen LogP contribution < -0.4 is 15.6 Å². The van der Waals surface area contributed by atoms with Crippen LogP contribution in [0.2, 0.25) is 0 Å². The predicted molar refractivity (Wildman–Crippen MR) is 212 cm³/mol. The maximum atomic E-state index is 13.8. The fourth-order valence-electron chi connectivity index (χ4n) is 6.73. The quantitative estimate of drug-likeness (QED) is 0.0634. The van der Waals surface area contributed by atoms with Crippen molar-refractivity contribution in [2.24, 2.45) is 4.99 Å². The Balaban J connectivity index is 1.33. The Kier molecular flexibility index (Phi) is 14.3. The van der Waals surface area contributed by atoms with Gasteiger partial charge in [0, 0.05) is 83.3 Å². The number of aldehydes is 1. The number of hydrogen-bond donors (Lipinski definition) is 2. The van der Waals surface area contributed by atoms with Gasteiger partial charge < -0.3 is 29.6 Å². The lowest BCUT2D eigenvalue weighted by atomic mass is 10.0. The van der Waals surface area contributed by atoms with Gasteiger partial charge in [-0.25, -0.2) is 10.5 Å². The molecule has 1 aliphatic carbocycles. The van der Waals surface area contributed by atoms with Gasteiger partial charge in [-0.15, -0.1) is 11.3 Å². The number of fused-ring (bicyclic) bond motifs is 1. The average Bonchev–Trinajstić information content (AvgIpc) is 3.41. The van der Waals surface area contributed by atoms with E-state index in [1.807, 2.05) is 81.6 Å². The summed E-state index contributed by atoms with van der Waals surface area (Å²) >= 11 is 1.72. The van der Waals surface area contributed by atoms with Crippen molar-refractivity contribution in [1.82, 2.24) is 19.6 Å². The smallest absolute Gasteiger partial charge is 0.244 e. The second kappa shape index (κ2) is 19.0. The van der Waals surface area contributed by atoms with Gasteiger partial charge in [-0.3, -0.25) is 14.5 Å². The number of carbonyl (C=O) groups is 2. The number of nitrogens with zero attached hydrogens (tertiary/aromatic N) is 5. The number of aliphatic imine (C=N–C) groups is 1. The molecule has 1 aliphatic heterocycles. The summed E-state index contributed by atoms with van der Waals surface area (Å²) in [6.07, 6.45) is 8.60. The summed E-state index contributed by atoms with van der Waals surface area (Å²) in [6.45, 7) is 9.64. The van der Waals surface area contributed by atoms with Gasteiger partial charge in [-0.2, -0.15) is 0 Å². The first-order valence-corrected chi connectivity index (χ1v) is 19.2. The van der Waals surface area contributed by atoms with Crippen molar-refractivity contribution in [1.29, 1.82) is 0 Å². The first-order chi connectivity index (χ1) is 25.2. The third kappa shape index (κ3) is 10.2. The highest BCUT2D eigenvalue weighted by Gasteiger charge is 2.32. The molecule has 52 heavy (non-hydrogen) atoms. The summed E-state index contributed by atoms with van der Waals surface area (Å²) in [7, 11) is 7.33. The Morgan fingerprint density at radius 1 is 1.04 bits per heavy atom. The number of piperazine rings is 1. The summed E-state index contributed by atoms with van der Waals surface area (Å²) in [5.41, 5.74) is 9.44. The number of anilines is 2. The number of amides is 1. The molecule has 5 rings (SSSR count). The first-order valence-electron chi connectivity index (χ1n) is 18.3. The van der Waals surface area contributed by atoms with Crippen molar-refractivity contribution < 1.29 is 19.2 Å². The molecule has 2 aromatic carbocycles. The molecule has 2 heterocycles. The number of amidine groups is 1. The van der Waals surface area contributed by atoms with Gasteiger partial charge in [-0.1, -0.05) is 37.6 Å². The van der Waals surface area contributed by atoms with E-state index in [2.05, 4.69) is 33.6 Å². The van der Waals surface area contributed by atoms with E-state index in [1.54, 1.807) is 23.3 Å². The molecule has 280 valence electrons. The minimum absolute atomic E-state index is 0.0405. The number of thiophene rings is 1. The topological polar surface area (TPSA) is 102 Å². The molecule has 1 unspecified atom stereocenters. The molecule has 3 aromatic rings. The normalized spacial score (nSPS) is 16.4. The molecule has 11 nitrogen and oxygen atoms in total. The van der Waals surface area contributed by atoms with Gasteiger partial charge in [-0.05, 0) is 80.1 Å². The molecule has 0 saturated carbocycles. The number of carbonyl (C=O) groups excluding carboxylic acids is 2. The van der Waals surface area contributed by atoms with Crippen LogP contribution in [0, 0.1) is 6.92 Å². The van der Waals surface area contributed by atoms with E-state index in [9.17, 15) is 9.59 Å². The molecule has 0 spiro atoms. The van der Waals surface area contributed by atoms with Crippen molar-refractivity contribution in [3.05, 3.63) is 81.9 Å². The van der Waals surface area contributed by atoms with Crippen molar-refractivity contribution in [2.45, 2.75) is 52.0 Å². The highest BCUT2D eigenvalue weighted by molar-refractivity contribution is 7.14. The minimum atomic E-state index is -0.411. The monoisotopic (exact) mass is 729 g/mol. The van der Waals surface area contributed by atoms with Gasteiger partial charge >= 0.3 is 0 Å². The summed E-state index contributed by atoms with van der Waals surface area (Å²) in [4.78, 5) is 46.8. The highest BCUT2D eigenvalue weighted by Crippen LogP contribution is 2.35. The Morgan fingerprint density at radius 3 is 2.48 bits per heavy atom. The standard InChI is InChI=1S/C40H55N7O4S/c1-7-46-20-22-47(23-21-46)39(40(49)45(5)24-25-50-6)30-16-18-32(19-17-30)41-37(28-48)42-35(27-44(3)4)33-13-11-14-34(29(33)2)43-51-38-26-31-12-9-8-10-15-36(31)52-38/h11,13-14,16-19,26-28,39,43H,7-10,12,15,20-25H2,1-6H3,(H,41,42)/b35-27-. The van der Waals surface area contributed by atoms with Crippen LogP contribution in [0.25, 0.3) is 5.70 Å². The van der Waals surface area contributed by atoms with E-state index in [0.29, 0.717) is 24.5 Å². The maximum Gasteiger partial charge on any atom is 0.244 e. The van der Waals surface area contributed by atoms with Crippen LogP contribution in [0.5, 0.6) is 5.06 Å². The summed E-state index contributed by atoms with van der Waals surface area (Å²) < 4.78 is 5.24. The summed E-state index contributed by atoms with van der Waals surface area (Å²) in [6, 6.07) is 15.4. The lowest BCUT2D eigenvalue weighted by Gasteiger charge is -2.39. The van der Waals surface area contributed by atoms with Gasteiger partial charge in [0.15, 0.2) is 12.1 Å². The third-order valence-electron chi connectivity index (χ3n) is 9.79. The van der Waals surface area contributed by atoms with Crippen LogP contribution in [0.15, 0.2) is 59.7 Å². The van der Waals surface area contributed by atoms with Crippen LogP contribution in [0.4, 0.5) is 11.4 Å². The number of methoxy groups -OCH3 is 1. The fourth-order valence-corrected chi connectivity index (χ4v) is 7.79. The van der Waals surface area contributed by atoms with E-state index < -0.39 is 6.04 Å². The molecule has 2 N–H and O–H groups in total. The number of rotatable bonds is 15. The number of aryl methyl sites for hydroxylation is 2. The minimum Gasteiger partial charge on any atom is -0.383 e. The van der Waals surface area contributed by atoms with Gasteiger partial charge in [0.25, 0.3) is 0 Å². The number of nitrogens with one attached hydrogen (secondary N) is 2. The molecular weight excluding hydrogens is 675 g/mol. The lowest BCUT2D eigenvalue weighted by Crippen LogP contribution is -2.51. The Bertz CT molecular complexity index is 1670. The molecule has 1 amide bonds. The van der Waals surface area contributed by atoms with Crippen molar-refractivity contribution in [3.63, 3.8) is 0 Å². The summed E-state index contributed by atoms with van der Waals surface area (Å²) in [5, 5.41) is 4.07. The largest absolute Gasteiger partial charge is 0.383 e. The number of likely N-dealkylation sites (N-methyl/N-ethyl adjacent to an activating group) is 2. The average molecular weight is 730 g/mol. The fraction of sp³-hybridized carbons (Fsp3) is 0.475. The SMILES string of the molecule is CCN1CCN(C(C(=O)N(C)CCOC)c2ccc(NC(C=O)=N/C(=C\N(C)C)c3cccc(NOc4cc5c(s4)CCCCC5)c3C)cc2)CC1. The number of hydrogen-bond acceptors (Lipinski definition) is 10. The second-order valence-corrected chi connectivity index (χ2v) is 14.8. The second-order valence-electron chi connectivity index (χ2n) is 13.7.